The summed E-state index contributed by atoms with van der Waals surface area (Å²) in [5, 5.41) is 5.50. The van der Waals surface area contributed by atoms with Crippen molar-refractivity contribution in [2.24, 2.45) is 0 Å². The lowest BCUT2D eigenvalue weighted by molar-refractivity contribution is 0.102. The largest absolute Gasteiger partial charge is 0.494 e. The Kier molecular flexibility index (Phi) is 4.54. The van der Waals surface area contributed by atoms with E-state index in [-0.39, 0.29) is 5.91 Å². The van der Waals surface area contributed by atoms with E-state index in [0.29, 0.717) is 17.3 Å². The molecule has 0 atom stereocenters. The summed E-state index contributed by atoms with van der Waals surface area (Å²) in [5.41, 5.74) is 1.50. The molecule has 0 radical (unpaired) electrons. The number of nitrogens with one attached hydrogen (secondary N) is 1. The molecule has 0 saturated carbocycles. The highest BCUT2D eigenvalue weighted by molar-refractivity contribution is 7.22. The van der Waals surface area contributed by atoms with E-state index in [9.17, 15) is 4.79 Å². The Morgan fingerprint density at radius 3 is 2.85 bits per heavy atom. The van der Waals surface area contributed by atoms with Crippen molar-refractivity contribution in [1.29, 1.82) is 0 Å². The lowest BCUT2D eigenvalue weighted by Crippen LogP contribution is -2.12. The molecule has 1 N–H and O–H groups in total. The second-order valence-corrected chi connectivity index (χ2v) is 7.01. The normalized spacial score (nSPS) is 11.0. The van der Waals surface area contributed by atoms with Crippen molar-refractivity contribution in [3.8, 4) is 5.75 Å². The van der Waals surface area contributed by atoms with Gasteiger partial charge in [-0.15, -0.1) is 0 Å². The minimum Gasteiger partial charge on any atom is -0.494 e. The Morgan fingerprint density at radius 2 is 1.96 bits per heavy atom. The number of hydrogen-bond acceptors (Lipinski definition) is 4. The second-order valence-electron chi connectivity index (χ2n) is 5.98. The van der Waals surface area contributed by atoms with E-state index in [0.717, 1.165) is 33.2 Å². The summed E-state index contributed by atoms with van der Waals surface area (Å²) in [7, 11) is 0. The zero-order valence-corrected chi connectivity index (χ0v) is 15.2. The van der Waals surface area contributed by atoms with Crippen molar-refractivity contribution in [1.82, 2.24) is 4.98 Å². The summed E-state index contributed by atoms with van der Waals surface area (Å²) in [4.78, 5) is 17.3. The minimum absolute atomic E-state index is 0.150. The molecule has 5 heteroatoms. The Hall–Kier alpha value is -2.92. The van der Waals surface area contributed by atoms with Crippen molar-refractivity contribution in [2.45, 2.75) is 13.3 Å². The standard InChI is InChI=1S/C21H18N2O2S/c1-2-12-25-15-10-11-18-19(13-15)26-21(22-18)23-20(24)17-9-5-7-14-6-3-4-8-16(14)17/h3-11,13H,2,12H2,1H3,(H,22,23,24). The van der Waals surface area contributed by atoms with Crippen LogP contribution in [-0.2, 0) is 0 Å². The third kappa shape index (κ3) is 3.26. The Morgan fingerprint density at radius 1 is 1.12 bits per heavy atom. The van der Waals surface area contributed by atoms with Gasteiger partial charge in [-0.1, -0.05) is 54.7 Å². The number of anilines is 1. The van der Waals surface area contributed by atoms with Crippen molar-refractivity contribution < 1.29 is 9.53 Å². The molecule has 0 unspecified atom stereocenters. The summed E-state index contributed by atoms with van der Waals surface area (Å²) in [6.45, 7) is 2.77. The zero-order chi connectivity index (χ0) is 17.9. The van der Waals surface area contributed by atoms with Gasteiger partial charge in [0.1, 0.15) is 5.75 Å². The molecule has 0 aliphatic rings. The molecule has 3 aromatic carbocycles. The first kappa shape index (κ1) is 16.5. The number of amides is 1. The van der Waals surface area contributed by atoms with E-state index in [2.05, 4.69) is 17.2 Å². The van der Waals surface area contributed by atoms with E-state index in [1.54, 1.807) is 0 Å². The number of ether oxygens (including phenoxy) is 1. The fraction of sp³-hybridized carbons (Fsp3) is 0.143. The van der Waals surface area contributed by atoms with Crippen molar-refractivity contribution in [2.75, 3.05) is 11.9 Å². The van der Waals surface area contributed by atoms with Gasteiger partial charge in [-0.05, 0) is 41.5 Å². The molecule has 0 bridgehead atoms. The van der Waals surface area contributed by atoms with Crippen LogP contribution in [0.4, 0.5) is 5.13 Å². The molecule has 0 aliphatic carbocycles. The number of hydrogen-bond donors (Lipinski definition) is 1. The lowest BCUT2D eigenvalue weighted by Gasteiger charge is -2.05. The third-order valence-corrected chi connectivity index (χ3v) is 5.02. The average Bonchev–Trinajstić information content (AvgIpc) is 3.07. The van der Waals surface area contributed by atoms with E-state index < -0.39 is 0 Å². The molecule has 1 amide bonds. The Balaban J connectivity index is 1.61. The van der Waals surface area contributed by atoms with Crippen LogP contribution in [0.25, 0.3) is 21.0 Å². The topological polar surface area (TPSA) is 51.2 Å². The molecular weight excluding hydrogens is 344 g/mol. The fourth-order valence-electron chi connectivity index (χ4n) is 2.86. The van der Waals surface area contributed by atoms with E-state index in [1.807, 2.05) is 60.7 Å². The molecule has 4 aromatic rings. The molecule has 130 valence electrons. The quantitative estimate of drug-likeness (QED) is 0.511. The average molecular weight is 362 g/mol. The molecule has 0 spiro atoms. The van der Waals surface area contributed by atoms with Crippen LogP contribution in [-0.4, -0.2) is 17.5 Å². The van der Waals surface area contributed by atoms with Gasteiger partial charge in [-0.3, -0.25) is 10.1 Å². The number of benzene rings is 3. The lowest BCUT2D eigenvalue weighted by atomic mass is 10.0. The maximum atomic E-state index is 12.7. The summed E-state index contributed by atoms with van der Waals surface area (Å²) >= 11 is 1.45. The summed E-state index contributed by atoms with van der Waals surface area (Å²) in [5.74, 6) is 0.679. The number of nitrogens with zero attached hydrogens (tertiary/aromatic N) is 1. The van der Waals surface area contributed by atoms with Crippen LogP contribution in [0.2, 0.25) is 0 Å². The fourth-order valence-corrected chi connectivity index (χ4v) is 3.75. The summed E-state index contributed by atoms with van der Waals surface area (Å²) < 4.78 is 6.66. The zero-order valence-electron chi connectivity index (χ0n) is 14.4. The van der Waals surface area contributed by atoms with E-state index in [1.165, 1.54) is 11.3 Å². The van der Waals surface area contributed by atoms with Crippen LogP contribution in [0.15, 0.2) is 60.7 Å². The van der Waals surface area contributed by atoms with Gasteiger partial charge < -0.3 is 4.74 Å². The maximum Gasteiger partial charge on any atom is 0.258 e. The van der Waals surface area contributed by atoms with Crippen molar-refractivity contribution in [3.63, 3.8) is 0 Å². The SMILES string of the molecule is CCCOc1ccc2nc(NC(=O)c3cccc4ccccc34)sc2c1. The number of aromatic nitrogens is 1. The van der Waals surface area contributed by atoms with Crippen LogP contribution < -0.4 is 10.1 Å². The van der Waals surface area contributed by atoms with Gasteiger partial charge in [0.2, 0.25) is 0 Å². The molecule has 26 heavy (non-hydrogen) atoms. The molecule has 0 fully saturated rings. The van der Waals surface area contributed by atoms with Crippen LogP contribution in [0.5, 0.6) is 5.75 Å². The molecule has 1 aromatic heterocycles. The molecule has 0 saturated heterocycles. The highest BCUT2D eigenvalue weighted by Gasteiger charge is 2.13. The first-order valence-corrected chi connectivity index (χ1v) is 9.39. The van der Waals surface area contributed by atoms with Gasteiger partial charge in [0.25, 0.3) is 5.91 Å². The molecule has 1 heterocycles. The third-order valence-electron chi connectivity index (χ3n) is 4.09. The number of carbonyl (C=O) groups is 1. The molecular formula is C21H18N2O2S. The monoisotopic (exact) mass is 362 g/mol. The Bertz CT molecular complexity index is 1080. The van der Waals surface area contributed by atoms with Crippen LogP contribution in [0.3, 0.4) is 0 Å². The number of thiazole rings is 1. The van der Waals surface area contributed by atoms with E-state index >= 15 is 0 Å². The smallest absolute Gasteiger partial charge is 0.258 e. The first-order valence-electron chi connectivity index (χ1n) is 8.57. The molecule has 4 nitrogen and oxygen atoms in total. The van der Waals surface area contributed by atoms with Gasteiger partial charge >= 0.3 is 0 Å². The predicted molar refractivity (Wildman–Crippen MR) is 107 cm³/mol. The summed E-state index contributed by atoms with van der Waals surface area (Å²) in [6.07, 6.45) is 0.965. The van der Waals surface area contributed by atoms with Gasteiger partial charge in [0, 0.05) is 5.56 Å². The molecule has 0 aliphatic heterocycles. The van der Waals surface area contributed by atoms with Crippen LogP contribution >= 0.6 is 11.3 Å². The van der Waals surface area contributed by atoms with Crippen LogP contribution in [0.1, 0.15) is 23.7 Å². The number of rotatable bonds is 5. The highest BCUT2D eigenvalue weighted by Crippen LogP contribution is 2.30. The predicted octanol–water partition coefficient (Wildman–Crippen LogP) is 5.49. The van der Waals surface area contributed by atoms with Crippen LogP contribution in [0, 0.1) is 0 Å². The number of carbonyl (C=O) groups excluding carboxylic acids is 1. The van der Waals surface area contributed by atoms with Crippen molar-refractivity contribution in [3.05, 3.63) is 66.2 Å². The van der Waals surface area contributed by atoms with Gasteiger partial charge in [-0.2, -0.15) is 0 Å². The van der Waals surface area contributed by atoms with Gasteiger partial charge in [-0.25, -0.2) is 4.98 Å². The van der Waals surface area contributed by atoms with E-state index in [4.69, 9.17) is 4.74 Å². The highest BCUT2D eigenvalue weighted by atomic mass is 32.1. The summed E-state index contributed by atoms with van der Waals surface area (Å²) in [6, 6.07) is 19.4. The molecule has 4 rings (SSSR count). The minimum atomic E-state index is -0.150. The first-order chi connectivity index (χ1) is 12.7. The number of fused-ring (bicyclic) bond motifs is 2. The maximum absolute atomic E-state index is 12.7. The van der Waals surface area contributed by atoms with Gasteiger partial charge in [0.05, 0.1) is 16.8 Å². The second kappa shape index (κ2) is 7.14. The van der Waals surface area contributed by atoms with Gasteiger partial charge in [0.15, 0.2) is 5.13 Å². The van der Waals surface area contributed by atoms with Crippen molar-refractivity contribution >= 4 is 43.4 Å². The Labute approximate surface area is 155 Å².